The van der Waals surface area contributed by atoms with Crippen LogP contribution >= 0.6 is 0 Å². The van der Waals surface area contributed by atoms with Gasteiger partial charge in [-0.15, -0.1) is 0 Å². The largest absolute Gasteiger partial charge is 0.493 e. The molecule has 0 radical (unpaired) electrons. The van der Waals surface area contributed by atoms with Gasteiger partial charge in [0.1, 0.15) is 5.75 Å². The molecule has 1 N–H and O–H groups in total. The Labute approximate surface area is 98.3 Å². The van der Waals surface area contributed by atoms with E-state index in [-0.39, 0.29) is 0 Å². The van der Waals surface area contributed by atoms with Crippen molar-refractivity contribution in [1.82, 2.24) is 0 Å². The molecule has 0 bridgehead atoms. The van der Waals surface area contributed by atoms with E-state index in [2.05, 4.69) is 13.8 Å². The lowest BCUT2D eigenvalue weighted by atomic mass is 10.1. The summed E-state index contributed by atoms with van der Waals surface area (Å²) in [6.45, 7) is 7.03. The first kappa shape index (κ1) is 13.0. The topological polar surface area (TPSA) is 29.5 Å². The zero-order valence-electron chi connectivity index (χ0n) is 10.4. The number of benzene rings is 1. The molecule has 0 saturated heterocycles. The SMILES string of the molecule is CC[C@H](O)c1ccccc1OCCC(C)C. The van der Waals surface area contributed by atoms with Crippen LogP contribution in [0, 0.1) is 5.92 Å². The van der Waals surface area contributed by atoms with Gasteiger partial charge >= 0.3 is 0 Å². The van der Waals surface area contributed by atoms with Crippen LogP contribution < -0.4 is 4.74 Å². The lowest BCUT2D eigenvalue weighted by molar-refractivity contribution is 0.166. The van der Waals surface area contributed by atoms with E-state index in [4.69, 9.17) is 4.74 Å². The summed E-state index contributed by atoms with van der Waals surface area (Å²) in [6.07, 6.45) is 1.33. The second-order valence-electron chi connectivity index (χ2n) is 4.49. The molecule has 0 unspecified atom stereocenters. The summed E-state index contributed by atoms with van der Waals surface area (Å²) in [4.78, 5) is 0. The number of hydrogen-bond acceptors (Lipinski definition) is 2. The monoisotopic (exact) mass is 222 g/mol. The van der Waals surface area contributed by atoms with Crippen molar-refractivity contribution < 1.29 is 9.84 Å². The van der Waals surface area contributed by atoms with Gasteiger partial charge in [0.2, 0.25) is 0 Å². The molecule has 2 heteroatoms. The van der Waals surface area contributed by atoms with Crippen LogP contribution in [0.15, 0.2) is 24.3 Å². The molecule has 0 aromatic heterocycles. The van der Waals surface area contributed by atoms with Crippen molar-refractivity contribution in [2.24, 2.45) is 5.92 Å². The van der Waals surface area contributed by atoms with Gasteiger partial charge < -0.3 is 9.84 Å². The van der Waals surface area contributed by atoms with Crippen LogP contribution in [0.3, 0.4) is 0 Å². The molecule has 0 fully saturated rings. The maximum absolute atomic E-state index is 9.84. The van der Waals surface area contributed by atoms with Gasteiger partial charge in [0.15, 0.2) is 0 Å². The number of aliphatic hydroxyl groups excluding tert-OH is 1. The van der Waals surface area contributed by atoms with E-state index in [9.17, 15) is 5.11 Å². The fourth-order valence-electron chi connectivity index (χ4n) is 1.51. The average Bonchev–Trinajstić information content (AvgIpc) is 2.28. The highest BCUT2D eigenvalue weighted by Crippen LogP contribution is 2.27. The Morgan fingerprint density at radius 3 is 2.56 bits per heavy atom. The molecule has 0 amide bonds. The quantitative estimate of drug-likeness (QED) is 0.797. The molecule has 0 aliphatic heterocycles. The molecule has 1 atom stereocenters. The highest BCUT2D eigenvalue weighted by Gasteiger charge is 2.10. The second kappa shape index (κ2) is 6.54. The molecule has 0 saturated carbocycles. The van der Waals surface area contributed by atoms with Crippen molar-refractivity contribution in [3.05, 3.63) is 29.8 Å². The smallest absolute Gasteiger partial charge is 0.125 e. The minimum absolute atomic E-state index is 0.421. The Morgan fingerprint density at radius 1 is 1.25 bits per heavy atom. The van der Waals surface area contributed by atoms with Crippen LogP contribution in [-0.2, 0) is 0 Å². The van der Waals surface area contributed by atoms with E-state index in [1.54, 1.807) is 0 Å². The fraction of sp³-hybridized carbons (Fsp3) is 0.571. The Hall–Kier alpha value is -1.02. The summed E-state index contributed by atoms with van der Waals surface area (Å²) in [5.74, 6) is 1.46. The Morgan fingerprint density at radius 2 is 1.94 bits per heavy atom. The lowest BCUT2D eigenvalue weighted by Gasteiger charge is -2.15. The predicted molar refractivity (Wildman–Crippen MR) is 66.6 cm³/mol. The molecule has 1 aromatic rings. The first-order valence-electron chi connectivity index (χ1n) is 6.05. The minimum Gasteiger partial charge on any atom is -0.493 e. The normalized spacial score (nSPS) is 12.8. The van der Waals surface area contributed by atoms with Crippen molar-refractivity contribution in [3.8, 4) is 5.75 Å². The van der Waals surface area contributed by atoms with E-state index in [1.807, 2.05) is 31.2 Å². The molecule has 0 aliphatic carbocycles. The maximum Gasteiger partial charge on any atom is 0.125 e. The van der Waals surface area contributed by atoms with Crippen molar-refractivity contribution in [2.75, 3.05) is 6.61 Å². The van der Waals surface area contributed by atoms with Crippen LogP contribution in [0.4, 0.5) is 0 Å². The summed E-state index contributed by atoms with van der Waals surface area (Å²) in [5, 5.41) is 9.84. The van der Waals surface area contributed by atoms with Crippen molar-refractivity contribution >= 4 is 0 Å². The number of para-hydroxylation sites is 1. The Bertz CT molecular complexity index is 307. The first-order valence-corrected chi connectivity index (χ1v) is 6.05. The van der Waals surface area contributed by atoms with E-state index in [0.29, 0.717) is 18.9 Å². The van der Waals surface area contributed by atoms with Gasteiger partial charge in [-0.2, -0.15) is 0 Å². The summed E-state index contributed by atoms with van der Waals surface area (Å²) in [5.41, 5.74) is 0.897. The van der Waals surface area contributed by atoms with Crippen molar-refractivity contribution in [3.63, 3.8) is 0 Å². The molecule has 1 aromatic carbocycles. The van der Waals surface area contributed by atoms with Crippen LogP contribution in [0.25, 0.3) is 0 Å². The Kier molecular flexibility index (Phi) is 5.33. The third-order valence-electron chi connectivity index (χ3n) is 2.62. The van der Waals surface area contributed by atoms with Crippen LogP contribution in [0.2, 0.25) is 0 Å². The summed E-state index contributed by atoms with van der Waals surface area (Å²) < 4.78 is 5.71. The van der Waals surface area contributed by atoms with Gasteiger partial charge in [-0.05, 0) is 24.8 Å². The zero-order valence-corrected chi connectivity index (χ0v) is 10.4. The number of aliphatic hydroxyl groups is 1. The molecule has 0 heterocycles. The van der Waals surface area contributed by atoms with Gasteiger partial charge in [0.25, 0.3) is 0 Å². The summed E-state index contributed by atoms with van der Waals surface area (Å²) in [7, 11) is 0. The van der Waals surface area contributed by atoms with Gasteiger partial charge in [-0.3, -0.25) is 0 Å². The lowest BCUT2D eigenvalue weighted by Crippen LogP contribution is -2.05. The average molecular weight is 222 g/mol. The van der Waals surface area contributed by atoms with Crippen LogP contribution in [-0.4, -0.2) is 11.7 Å². The van der Waals surface area contributed by atoms with Gasteiger partial charge in [-0.25, -0.2) is 0 Å². The van der Waals surface area contributed by atoms with Gasteiger partial charge in [-0.1, -0.05) is 39.0 Å². The minimum atomic E-state index is -0.421. The van der Waals surface area contributed by atoms with Crippen LogP contribution in [0.5, 0.6) is 5.75 Å². The second-order valence-corrected chi connectivity index (χ2v) is 4.49. The Balaban J connectivity index is 2.64. The molecule has 90 valence electrons. The standard InChI is InChI=1S/C14H22O2/c1-4-13(15)12-7-5-6-8-14(12)16-10-9-11(2)3/h5-8,11,13,15H,4,9-10H2,1-3H3/t13-/m0/s1. The maximum atomic E-state index is 9.84. The van der Waals surface area contributed by atoms with Crippen LogP contribution in [0.1, 0.15) is 45.3 Å². The van der Waals surface area contributed by atoms with E-state index in [0.717, 1.165) is 17.7 Å². The third-order valence-corrected chi connectivity index (χ3v) is 2.62. The van der Waals surface area contributed by atoms with Crippen molar-refractivity contribution in [1.29, 1.82) is 0 Å². The summed E-state index contributed by atoms with van der Waals surface area (Å²) in [6, 6.07) is 7.73. The summed E-state index contributed by atoms with van der Waals surface area (Å²) >= 11 is 0. The zero-order chi connectivity index (χ0) is 12.0. The van der Waals surface area contributed by atoms with E-state index in [1.165, 1.54) is 0 Å². The molecule has 2 nitrogen and oxygen atoms in total. The molecule has 16 heavy (non-hydrogen) atoms. The third kappa shape index (κ3) is 3.86. The fourth-order valence-corrected chi connectivity index (χ4v) is 1.51. The predicted octanol–water partition coefficient (Wildman–Crippen LogP) is 3.55. The number of hydrogen-bond donors (Lipinski definition) is 1. The van der Waals surface area contributed by atoms with Crippen molar-refractivity contribution in [2.45, 2.75) is 39.7 Å². The molecular formula is C14H22O2. The number of ether oxygens (including phenoxy) is 1. The van der Waals surface area contributed by atoms with Gasteiger partial charge in [0, 0.05) is 5.56 Å². The van der Waals surface area contributed by atoms with E-state index >= 15 is 0 Å². The van der Waals surface area contributed by atoms with E-state index < -0.39 is 6.10 Å². The van der Waals surface area contributed by atoms with Gasteiger partial charge in [0.05, 0.1) is 12.7 Å². The highest BCUT2D eigenvalue weighted by molar-refractivity contribution is 5.34. The number of rotatable bonds is 6. The first-order chi connectivity index (χ1) is 7.65. The molecular weight excluding hydrogens is 200 g/mol. The molecule has 1 rings (SSSR count). The molecule has 0 spiro atoms. The highest BCUT2D eigenvalue weighted by atomic mass is 16.5. The molecule has 0 aliphatic rings.